The molecule has 0 aliphatic carbocycles. The Labute approximate surface area is 218 Å². The van der Waals surface area contributed by atoms with Crippen LogP contribution in [-0.2, 0) is 19.1 Å². The summed E-state index contributed by atoms with van der Waals surface area (Å²) in [6.07, 6.45) is 1.44. The molecule has 1 aromatic heterocycles. The minimum Gasteiger partial charge on any atom is -0.465 e. The molecule has 0 amide bonds. The van der Waals surface area contributed by atoms with Gasteiger partial charge in [-0.15, -0.1) is 5.10 Å². The molecule has 0 bridgehead atoms. The number of benzene rings is 3. The molecule has 0 saturated carbocycles. The van der Waals surface area contributed by atoms with Crippen LogP contribution in [0.3, 0.4) is 0 Å². The first-order valence-electron chi connectivity index (χ1n) is 11.8. The summed E-state index contributed by atoms with van der Waals surface area (Å²) >= 11 is 0. The van der Waals surface area contributed by atoms with Crippen LogP contribution in [0.4, 0.5) is 11.4 Å². The molecular weight excluding hydrogens is 482 g/mol. The summed E-state index contributed by atoms with van der Waals surface area (Å²) in [6.45, 7) is 0. The van der Waals surface area contributed by atoms with E-state index in [0.29, 0.717) is 17.3 Å². The van der Waals surface area contributed by atoms with Gasteiger partial charge >= 0.3 is 11.9 Å². The largest absolute Gasteiger partial charge is 0.465 e. The van der Waals surface area contributed by atoms with E-state index in [9.17, 15) is 9.59 Å². The van der Waals surface area contributed by atoms with Gasteiger partial charge in [-0.25, -0.2) is 14.6 Å². The highest BCUT2D eigenvalue weighted by Gasteiger charge is 2.45. The topological polar surface area (TPSA) is 84.6 Å². The summed E-state index contributed by atoms with van der Waals surface area (Å²) in [5, 5.41) is 6.61. The highest BCUT2D eigenvalue weighted by Crippen LogP contribution is 2.42. The number of para-hydroxylation sites is 2. The van der Waals surface area contributed by atoms with Crippen LogP contribution >= 0.6 is 0 Å². The van der Waals surface area contributed by atoms with Crippen LogP contribution in [0.5, 0.6) is 0 Å². The SMILES string of the molecule is COC(=O)C1=C(c2ccco2)OC(=O)/C1=C1\N(c2ccccc2)N=C(c2ccccc2)N1c1ccccc1. The van der Waals surface area contributed by atoms with Gasteiger partial charge in [0.25, 0.3) is 0 Å². The fourth-order valence-electron chi connectivity index (χ4n) is 4.44. The maximum atomic E-state index is 13.6. The van der Waals surface area contributed by atoms with Crippen LogP contribution < -0.4 is 9.91 Å². The highest BCUT2D eigenvalue weighted by atomic mass is 16.6. The van der Waals surface area contributed by atoms with Gasteiger partial charge in [0.15, 0.2) is 23.2 Å². The van der Waals surface area contributed by atoms with Gasteiger partial charge in [0.1, 0.15) is 11.1 Å². The Bertz CT molecular complexity index is 1590. The molecule has 38 heavy (non-hydrogen) atoms. The summed E-state index contributed by atoms with van der Waals surface area (Å²) in [4.78, 5) is 28.7. The minimum atomic E-state index is -0.737. The predicted octanol–water partition coefficient (Wildman–Crippen LogP) is 5.32. The van der Waals surface area contributed by atoms with Gasteiger partial charge in [0.2, 0.25) is 0 Å². The zero-order valence-corrected chi connectivity index (χ0v) is 20.3. The molecular formula is C30H21N3O5. The van der Waals surface area contributed by atoms with Crippen molar-refractivity contribution < 1.29 is 23.5 Å². The van der Waals surface area contributed by atoms with E-state index in [0.717, 1.165) is 11.3 Å². The van der Waals surface area contributed by atoms with Gasteiger partial charge in [-0.3, -0.25) is 4.90 Å². The van der Waals surface area contributed by atoms with Crippen molar-refractivity contribution in [3.05, 3.63) is 138 Å². The fraction of sp³-hybridized carbons (Fsp3) is 0.0333. The number of carbonyl (C=O) groups excluding carboxylic acids is 2. The smallest absolute Gasteiger partial charge is 0.348 e. The summed E-state index contributed by atoms with van der Waals surface area (Å²) in [5.41, 5.74) is 2.19. The number of methoxy groups -OCH3 is 1. The molecule has 3 aromatic carbocycles. The second-order valence-corrected chi connectivity index (χ2v) is 8.37. The van der Waals surface area contributed by atoms with Gasteiger partial charge in [0, 0.05) is 11.3 Å². The average molecular weight is 504 g/mol. The lowest BCUT2D eigenvalue weighted by molar-refractivity contribution is -0.136. The van der Waals surface area contributed by atoms with Crippen molar-refractivity contribution in [2.75, 3.05) is 17.0 Å². The molecule has 6 rings (SSSR count). The van der Waals surface area contributed by atoms with Crippen LogP contribution in [-0.4, -0.2) is 24.9 Å². The zero-order valence-electron chi connectivity index (χ0n) is 20.3. The van der Waals surface area contributed by atoms with Crippen molar-refractivity contribution in [2.45, 2.75) is 0 Å². The van der Waals surface area contributed by atoms with Crippen molar-refractivity contribution >= 4 is 34.9 Å². The number of anilines is 2. The maximum Gasteiger partial charge on any atom is 0.348 e. The number of hydrazone groups is 1. The molecule has 0 atom stereocenters. The van der Waals surface area contributed by atoms with Crippen LogP contribution in [0.2, 0.25) is 0 Å². The second kappa shape index (κ2) is 9.59. The molecule has 2 aliphatic rings. The van der Waals surface area contributed by atoms with Gasteiger partial charge in [-0.2, -0.15) is 0 Å². The van der Waals surface area contributed by atoms with Gasteiger partial charge in [-0.1, -0.05) is 66.7 Å². The molecule has 4 aromatic rings. The van der Waals surface area contributed by atoms with E-state index in [1.807, 2.05) is 95.9 Å². The van der Waals surface area contributed by atoms with Gasteiger partial charge in [0.05, 0.1) is 19.1 Å². The van der Waals surface area contributed by atoms with Crippen LogP contribution in [0, 0.1) is 0 Å². The van der Waals surface area contributed by atoms with Crippen molar-refractivity contribution in [1.29, 1.82) is 0 Å². The maximum absolute atomic E-state index is 13.6. The van der Waals surface area contributed by atoms with Crippen molar-refractivity contribution in [2.24, 2.45) is 5.10 Å². The lowest BCUT2D eigenvalue weighted by Crippen LogP contribution is -2.32. The Kier molecular flexibility index (Phi) is 5.82. The first-order chi connectivity index (χ1) is 18.7. The predicted molar refractivity (Wildman–Crippen MR) is 142 cm³/mol. The molecule has 0 radical (unpaired) electrons. The van der Waals surface area contributed by atoms with E-state index in [-0.39, 0.29) is 22.7 Å². The molecule has 0 spiro atoms. The number of carbonyl (C=O) groups is 2. The molecule has 0 fully saturated rings. The third-order valence-corrected chi connectivity index (χ3v) is 6.10. The van der Waals surface area contributed by atoms with Crippen molar-refractivity contribution in [1.82, 2.24) is 0 Å². The Morgan fingerprint density at radius 2 is 1.45 bits per heavy atom. The number of hydrogen-bond donors (Lipinski definition) is 0. The van der Waals surface area contributed by atoms with Crippen LogP contribution in [0.15, 0.2) is 136 Å². The van der Waals surface area contributed by atoms with Crippen molar-refractivity contribution in [3.63, 3.8) is 0 Å². The minimum absolute atomic E-state index is 0.00522. The monoisotopic (exact) mass is 503 g/mol. The van der Waals surface area contributed by atoms with Crippen LogP contribution in [0.25, 0.3) is 5.76 Å². The number of rotatable bonds is 5. The highest BCUT2D eigenvalue weighted by molar-refractivity contribution is 6.21. The van der Waals surface area contributed by atoms with E-state index in [2.05, 4.69) is 0 Å². The molecule has 0 saturated heterocycles. The first kappa shape index (κ1) is 23.1. The average Bonchev–Trinajstić information content (AvgIpc) is 3.71. The summed E-state index contributed by atoms with van der Waals surface area (Å²) in [7, 11) is 1.25. The number of furan rings is 1. The Balaban J connectivity index is 1.69. The van der Waals surface area contributed by atoms with E-state index in [4.69, 9.17) is 19.0 Å². The van der Waals surface area contributed by atoms with Gasteiger partial charge < -0.3 is 13.9 Å². The number of esters is 2. The first-order valence-corrected chi connectivity index (χ1v) is 11.8. The number of hydrogen-bond acceptors (Lipinski definition) is 8. The Morgan fingerprint density at radius 1 is 0.816 bits per heavy atom. The molecule has 0 N–H and O–H groups in total. The van der Waals surface area contributed by atoms with E-state index in [1.54, 1.807) is 17.1 Å². The fourth-order valence-corrected chi connectivity index (χ4v) is 4.44. The standard InChI is InChI=1S/C30H21N3O5/c1-36-29(34)24-25(30(35)38-26(24)23-18-11-19-37-23)28-32(21-14-7-3-8-15-21)27(20-12-5-2-6-13-20)31-33(28)22-16-9-4-10-17-22/h2-19H,1H3/b28-25-. The summed E-state index contributed by atoms with van der Waals surface area (Å²) < 4.78 is 16.3. The summed E-state index contributed by atoms with van der Waals surface area (Å²) in [6, 6.07) is 31.8. The molecule has 0 unspecified atom stereocenters. The number of amidine groups is 1. The molecule has 2 aliphatic heterocycles. The quantitative estimate of drug-likeness (QED) is 0.269. The summed E-state index contributed by atoms with van der Waals surface area (Å²) in [5.74, 6) is -0.352. The van der Waals surface area contributed by atoms with E-state index >= 15 is 0 Å². The normalized spacial score (nSPS) is 17.1. The number of nitrogens with zero attached hydrogens (tertiary/aromatic N) is 3. The molecule has 8 heteroatoms. The zero-order chi connectivity index (χ0) is 26.1. The molecule has 3 heterocycles. The number of ether oxygens (including phenoxy) is 2. The Hall–Kier alpha value is -5.37. The van der Waals surface area contributed by atoms with E-state index in [1.165, 1.54) is 13.4 Å². The third-order valence-electron chi connectivity index (χ3n) is 6.10. The Morgan fingerprint density at radius 3 is 2.05 bits per heavy atom. The van der Waals surface area contributed by atoms with Crippen LogP contribution in [0.1, 0.15) is 11.3 Å². The molecule has 186 valence electrons. The third kappa shape index (κ3) is 3.84. The van der Waals surface area contributed by atoms with E-state index < -0.39 is 11.9 Å². The lowest BCUT2D eigenvalue weighted by atomic mass is 10.0. The second-order valence-electron chi connectivity index (χ2n) is 8.37. The van der Waals surface area contributed by atoms with Crippen molar-refractivity contribution in [3.8, 4) is 0 Å². The lowest BCUT2D eigenvalue weighted by Gasteiger charge is -2.26. The number of cyclic esters (lactones) is 1. The van der Waals surface area contributed by atoms with Gasteiger partial charge in [-0.05, 0) is 36.4 Å². The molecule has 8 nitrogen and oxygen atoms in total.